The fraction of sp³-hybridized carbons (Fsp3) is 0.500. The molecule has 114 valence electrons. The minimum Gasteiger partial charge on any atom is -0.396 e. The van der Waals surface area contributed by atoms with Crippen molar-refractivity contribution in [3.8, 4) is 11.8 Å². The van der Waals surface area contributed by atoms with Crippen LogP contribution in [-0.4, -0.2) is 51.8 Å². The van der Waals surface area contributed by atoms with Crippen molar-refractivity contribution in [3.05, 3.63) is 29.6 Å². The molecule has 0 aliphatic heterocycles. The van der Waals surface area contributed by atoms with Crippen molar-refractivity contribution in [2.45, 2.75) is 32.7 Å². The average Bonchev–Trinajstić information content (AvgIpc) is 2.48. The third-order valence-electron chi connectivity index (χ3n) is 2.91. The number of aliphatic hydroxyl groups is 2. The fourth-order valence-electron chi connectivity index (χ4n) is 1.86. The fourth-order valence-corrected chi connectivity index (χ4v) is 1.86. The first kappa shape index (κ1) is 17.2. The van der Waals surface area contributed by atoms with Gasteiger partial charge in [0.15, 0.2) is 0 Å². The quantitative estimate of drug-likeness (QED) is 0.768. The molecule has 1 aromatic rings. The lowest BCUT2D eigenvalue weighted by Crippen LogP contribution is -2.38. The van der Waals surface area contributed by atoms with Crippen LogP contribution in [0.15, 0.2) is 18.3 Å². The zero-order valence-corrected chi connectivity index (χ0v) is 12.5. The number of amides is 1. The van der Waals surface area contributed by atoms with E-state index in [1.54, 1.807) is 23.2 Å². The lowest BCUT2D eigenvalue weighted by atomic mass is 10.1. The summed E-state index contributed by atoms with van der Waals surface area (Å²) in [5.74, 6) is 5.50. The largest absolute Gasteiger partial charge is 0.396 e. The van der Waals surface area contributed by atoms with Crippen LogP contribution in [0.5, 0.6) is 0 Å². The van der Waals surface area contributed by atoms with Gasteiger partial charge in [-0.1, -0.05) is 11.8 Å². The highest BCUT2D eigenvalue weighted by Gasteiger charge is 2.21. The van der Waals surface area contributed by atoms with Gasteiger partial charge in [-0.2, -0.15) is 0 Å². The highest BCUT2D eigenvalue weighted by molar-refractivity contribution is 5.95. The molecule has 0 unspecified atom stereocenters. The van der Waals surface area contributed by atoms with Crippen LogP contribution < -0.4 is 0 Å². The molecule has 0 bridgehead atoms. The van der Waals surface area contributed by atoms with E-state index in [1.807, 2.05) is 13.8 Å². The molecule has 21 heavy (non-hydrogen) atoms. The van der Waals surface area contributed by atoms with Gasteiger partial charge in [0.1, 0.15) is 5.69 Å². The molecule has 5 heteroatoms. The predicted octanol–water partition coefficient (Wildman–Crippen LogP) is 1.05. The molecule has 0 fully saturated rings. The maximum atomic E-state index is 12.6. The third kappa shape index (κ3) is 5.18. The van der Waals surface area contributed by atoms with Gasteiger partial charge in [-0.3, -0.25) is 4.79 Å². The standard InChI is InChI=1S/C16H22N2O3/c1-13(2)18(10-6-12-20)16(21)15-14(7-3-4-11-19)8-5-9-17-15/h5,8-9,13,19-20H,4,6,10-12H2,1-2H3. The molecule has 0 aliphatic carbocycles. The van der Waals surface area contributed by atoms with E-state index in [1.165, 1.54) is 0 Å². The number of hydrogen-bond acceptors (Lipinski definition) is 4. The first-order valence-electron chi connectivity index (χ1n) is 7.08. The van der Waals surface area contributed by atoms with Crippen molar-refractivity contribution in [2.75, 3.05) is 19.8 Å². The van der Waals surface area contributed by atoms with Crippen molar-refractivity contribution >= 4 is 5.91 Å². The molecule has 1 rings (SSSR count). The predicted molar refractivity (Wildman–Crippen MR) is 80.7 cm³/mol. The van der Waals surface area contributed by atoms with Crippen molar-refractivity contribution in [1.29, 1.82) is 0 Å². The van der Waals surface area contributed by atoms with Crippen molar-refractivity contribution in [1.82, 2.24) is 9.88 Å². The molecule has 1 heterocycles. The van der Waals surface area contributed by atoms with Gasteiger partial charge in [0.2, 0.25) is 0 Å². The number of rotatable bonds is 6. The van der Waals surface area contributed by atoms with E-state index in [0.29, 0.717) is 30.6 Å². The molecular formula is C16H22N2O3. The SMILES string of the molecule is CC(C)N(CCCO)C(=O)c1ncccc1C#CCCO. The summed E-state index contributed by atoms with van der Waals surface area (Å²) in [4.78, 5) is 18.4. The van der Waals surface area contributed by atoms with E-state index in [4.69, 9.17) is 10.2 Å². The Morgan fingerprint density at radius 1 is 1.38 bits per heavy atom. The van der Waals surface area contributed by atoms with Gasteiger partial charge in [0, 0.05) is 31.8 Å². The molecule has 0 aliphatic rings. The normalized spacial score (nSPS) is 10.1. The number of aromatic nitrogens is 1. The minimum atomic E-state index is -0.188. The summed E-state index contributed by atoms with van der Waals surface area (Å²) in [5.41, 5.74) is 0.875. The highest BCUT2D eigenvalue weighted by Crippen LogP contribution is 2.11. The molecule has 1 aromatic heterocycles. The molecule has 0 saturated carbocycles. The molecule has 2 N–H and O–H groups in total. The number of nitrogens with zero attached hydrogens (tertiary/aromatic N) is 2. The Hall–Kier alpha value is -1.90. The van der Waals surface area contributed by atoms with E-state index >= 15 is 0 Å². The van der Waals surface area contributed by atoms with Gasteiger partial charge in [-0.25, -0.2) is 4.98 Å². The molecule has 0 spiro atoms. The first-order valence-corrected chi connectivity index (χ1v) is 7.08. The molecule has 0 atom stereocenters. The summed E-state index contributed by atoms with van der Waals surface area (Å²) in [5, 5.41) is 17.7. The van der Waals surface area contributed by atoms with Crippen LogP contribution in [-0.2, 0) is 0 Å². The molecular weight excluding hydrogens is 268 g/mol. The zero-order chi connectivity index (χ0) is 15.7. The summed E-state index contributed by atoms with van der Waals surface area (Å²) < 4.78 is 0. The topological polar surface area (TPSA) is 73.7 Å². The average molecular weight is 290 g/mol. The van der Waals surface area contributed by atoms with Crippen LogP contribution >= 0.6 is 0 Å². The van der Waals surface area contributed by atoms with E-state index in [2.05, 4.69) is 16.8 Å². The lowest BCUT2D eigenvalue weighted by molar-refractivity contribution is 0.0687. The summed E-state index contributed by atoms with van der Waals surface area (Å²) in [6.07, 6.45) is 2.46. The van der Waals surface area contributed by atoms with Gasteiger partial charge >= 0.3 is 0 Å². The number of pyridine rings is 1. The Bertz CT molecular complexity index is 518. The van der Waals surface area contributed by atoms with Crippen LogP contribution in [0.4, 0.5) is 0 Å². The smallest absolute Gasteiger partial charge is 0.273 e. The van der Waals surface area contributed by atoms with Crippen LogP contribution in [0.1, 0.15) is 42.7 Å². The molecule has 0 saturated heterocycles. The van der Waals surface area contributed by atoms with Gasteiger partial charge in [-0.05, 0) is 32.4 Å². The molecule has 1 amide bonds. The van der Waals surface area contributed by atoms with Gasteiger partial charge in [-0.15, -0.1) is 0 Å². The van der Waals surface area contributed by atoms with Gasteiger partial charge < -0.3 is 15.1 Å². The lowest BCUT2D eigenvalue weighted by Gasteiger charge is -2.26. The monoisotopic (exact) mass is 290 g/mol. The first-order chi connectivity index (χ1) is 10.1. The van der Waals surface area contributed by atoms with Gasteiger partial charge in [0.05, 0.1) is 12.2 Å². The van der Waals surface area contributed by atoms with Crippen molar-refractivity contribution in [3.63, 3.8) is 0 Å². The molecule has 0 radical (unpaired) electrons. The maximum Gasteiger partial charge on any atom is 0.273 e. The second-order valence-corrected chi connectivity index (χ2v) is 4.84. The van der Waals surface area contributed by atoms with Crippen molar-refractivity contribution < 1.29 is 15.0 Å². The molecule has 0 aromatic carbocycles. The van der Waals surface area contributed by atoms with Crippen LogP contribution in [0, 0.1) is 11.8 Å². The Labute approximate surface area is 125 Å². The van der Waals surface area contributed by atoms with Crippen LogP contribution in [0.2, 0.25) is 0 Å². The Morgan fingerprint density at radius 3 is 2.76 bits per heavy atom. The number of hydrogen-bond donors (Lipinski definition) is 2. The number of carbonyl (C=O) groups excluding carboxylic acids is 1. The summed E-state index contributed by atoms with van der Waals surface area (Å²) >= 11 is 0. The number of aliphatic hydroxyl groups excluding tert-OH is 2. The zero-order valence-electron chi connectivity index (χ0n) is 12.5. The Balaban J connectivity index is 3.02. The van der Waals surface area contributed by atoms with E-state index in [9.17, 15) is 4.79 Å². The maximum absolute atomic E-state index is 12.6. The van der Waals surface area contributed by atoms with Crippen molar-refractivity contribution in [2.24, 2.45) is 0 Å². The summed E-state index contributed by atoms with van der Waals surface area (Å²) in [6.45, 7) is 4.37. The second-order valence-electron chi connectivity index (χ2n) is 4.84. The van der Waals surface area contributed by atoms with E-state index in [0.717, 1.165) is 0 Å². The van der Waals surface area contributed by atoms with E-state index < -0.39 is 0 Å². The third-order valence-corrected chi connectivity index (χ3v) is 2.91. The second kappa shape index (κ2) is 9.11. The van der Waals surface area contributed by atoms with Crippen LogP contribution in [0.3, 0.4) is 0 Å². The minimum absolute atomic E-state index is 0.00877. The number of carbonyl (C=O) groups is 1. The van der Waals surface area contributed by atoms with E-state index in [-0.39, 0.29) is 25.2 Å². The summed E-state index contributed by atoms with van der Waals surface area (Å²) in [6, 6.07) is 3.49. The highest BCUT2D eigenvalue weighted by atomic mass is 16.3. The summed E-state index contributed by atoms with van der Waals surface area (Å²) in [7, 11) is 0. The Morgan fingerprint density at radius 2 is 2.14 bits per heavy atom. The van der Waals surface area contributed by atoms with Gasteiger partial charge in [0.25, 0.3) is 5.91 Å². The Kier molecular flexibility index (Phi) is 7.44. The molecule has 5 nitrogen and oxygen atoms in total. The van der Waals surface area contributed by atoms with Crippen LogP contribution in [0.25, 0.3) is 0 Å².